The van der Waals surface area contributed by atoms with Crippen molar-refractivity contribution in [3.8, 4) is 0 Å². The lowest BCUT2D eigenvalue weighted by atomic mass is 10.2. The minimum absolute atomic E-state index is 0. The third-order valence-electron chi connectivity index (χ3n) is 4.36. The number of amides is 1. The molecule has 1 N–H and O–H groups in total. The molecule has 1 aromatic rings. The van der Waals surface area contributed by atoms with Crippen LogP contribution < -0.4 is 5.32 Å². The Labute approximate surface area is 168 Å². The Morgan fingerprint density at radius 2 is 1.84 bits per heavy atom. The fraction of sp³-hybridized carbons (Fsp3) is 0.556. The fourth-order valence-corrected chi connectivity index (χ4v) is 2.93. The molecule has 1 saturated heterocycles. The molecule has 1 aliphatic heterocycles. The molecule has 0 aromatic heterocycles. The van der Waals surface area contributed by atoms with Crippen LogP contribution in [-0.2, 0) is 11.3 Å². The van der Waals surface area contributed by atoms with Gasteiger partial charge in [-0.3, -0.25) is 14.7 Å². The Morgan fingerprint density at radius 1 is 1.20 bits per heavy atom. The van der Waals surface area contributed by atoms with Crippen molar-refractivity contribution in [3.05, 3.63) is 35.9 Å². The molecule has 0 radical (unpaired) electrons. The minimum atomic E-state index is 0. The van der Waals surface area contributed by atoms with Gasteiger partial charge in [-0.2, -0.15) is 0 Å². The number of hydrogen-bond donors (Lipinski definition) is 1. The van der Waals surface area contributed by atoms with Gasteiger partial charge in [-0.15, -0.1) is 24.0 Å². The quantitative estimate of drug-likeness (QED) is 0.412. The van der Waals surface area contributed by atoms with Gasteiger partial charge in [0.25, 0.3) is 0 Å². The second-order valence-electron chi connectivity index (χ2n) is 6.16. The molecule has 1 amide bonds. The molecule has 1 aromatic carbocycles. The van der Waals surface area contributed by atoms with E-state index in [0.29, 0.717) is 0 Å². The van der Waals surface area contributed by atoms with Gasteiger partial charge in [0.05, 0.1) is 0 Å². The average Bonchev–Trinajstić information content (AvgIpc) is 2.60. The molecule has 0 saturated carbocycles. The monoisotopic (exact) mass is 459 g/mol. The number of nitrogens with one attached hydrogen (secondary N) is 1. The average molecular weight is 459 g/mol. The van der Waals surface area contributed by atoms with Crippen molar-refractivity contribution in [3.63, 3.8) is 0 Å². The van der Waals surface area contributed by atoms with Gasteiger partial charge in [-0.05, 0) is 5.56 Å². The van der Waals surface area contributed by atoms with E-state index in [-0.39, 0.29) is 29.9 Å². The van der Waals surface area contributed by atoms with Crippen LogP contribution >= 0.6 is 24.0 Å². The largest absolute Gasteiger partial charge is 0.355 e. The molecule has 2 rings (SSSR count). The summed E-state index contributed by atoms with van der Waals surface area (Å²) in [5.74, 6) is 1.08. The number of rotatable bonds is 5. The van der Waals surface area contributed by atoms with E-state index in [1.54, 1.807) is 6.92 Å². The maximum absolute atomic E-state index is 11.3. The fourth-order valence-electron chi connectivity index (χ4n) is 2.93. The topological polar surface area (TPSA) is 51.2 Å². The summed E-state index contributed by atoms with van der Waals surface area (Å²) in [5, 5.41) is 3.42. The van der Waals surface area contributed by atoms with Crippen molar-refractivity contribution < 1.29 is 4.79 Å². The SMILES string of the molecule is CN=C(NCCN1CCN(C(C)=O)CC1)N(C)Cc1ccccc1.I. The van der Waals surface area contributed by atoms with Crippen molar-refractivity contribution in [1.82, 2.24) is 20.0 Å². The van der Waals surface area contributed by atoms with Crippen LogP contribution in [0.15, 0.2) is 35.3 Å². The number of aliphatic imine (C=N–C) groups is 1. The molecule has 0 unspecified atom stereocenters. The predicted octanol–water partition coefficient (Wildman–Crippen LogP) is 1.48. The van der Waals surface area contributed by atoms with Gasteiger partial charge in [-0.25, -0.2) is 0 Å². The number of benzene rings is 1. The van der Waals surface area contributed by atoms with E-state index in [1.165, 1.54) is 5.56 Å². The van der Waals surface area contributed by atoms with Gasteiger partial charge in [0, 0.05) is 66.8 Å². The second-order valence-corrected chi connectivity index (χ2v) is 6.16. The Hall–Kier alpha value is -1.35. The van der Waals surface area contributed by atoms with E-state index >= 15 is 0 Å². The number of guanidine groups is 1. The second kappa shape index (κ2) is 11.3. The molecule has 0 atom stereocenters. The number of halogens is 1. The molecular formula is C18H30IN5O. The molecule has 140 valence electrons. The standard InChI is InChI=1S/C18H29N5O.HI/c1-16(24)23-13-11-22(12-14-23)10-9-20-18(19-2)21(3)15-17-7-5-4-6-8-17;/h4-8H,9-15H2,1-3H3,(H,19,20);1H. The number of piperazine rings is 1. The van der Waals surface area contributed by atoms with Crippen LogP contribution in [0.1, 0.15) is 12.5 Å². The first-order chi connectivity index (χ1) is 11.6. The molecule has 1 heterocycles. The number of hydrogen-bond acceptors (Lipinski definition) is 3. The first-order valence-corrected chi connectivity index (χ1v) is 8.53. The van der Waals surface area contributed by atoms with Crippen LogP contribution in [0.25, 0.3) is 0 Å². The van der Waals surface area contributed by atoms with Gasteiger partial charge >= 0.3 is 0 Å². The highest BCUT2D eigenvalue weighted by Gasteiger charge is 2.18. The Balaban J connectivity index is 0.00000312. The van der Waals surface area contributed by atoms with Crippen LogP contribution in [0, 0.1) is 0 Å². The van der Waals surface area contributed by atoms with Crippen LogP contribution in [0.4, 0.5) is 0 Å². The number of carbonyl (C=O) groups is 1. The van der Waals surface area contributed by atoms with E-state index in [9.17, 15) is 4.79 Å². The van der Waals surface area contributed by atoms with E-state index in [2.05, 4.69) is 44.4 Å². The van der Waals surface area contributed by atoms with E-state index < -0.39 is 0 Å². The molecule has 1 aliphatic rings. The molecule has 1 fully saturated rings. The lowest BCUT2D eigenvalue weighted by Crippen LogP contribution is -2.50. The van der Waals surface area contributed by atoms with E-state index in [1.807, 2.05) is 25.1 Å². The van der Waals surface area contributed by atoms with Gasteiger partial charge < -0.3 is 15.1 Å². The summed E-state index contributed by atoms with van der Waals surface area (Å²) in [4.78, 5) is 22.1. The zero-order valence-electron chi connectivity index (χ0n) is 15.4. The first kappa shape index (κ1) is 21.7. The van der Waals surface area contributed by atoms with E-state index in [4.69, 9.17) is 0 Å². The van der Waals surface area contributed by atoms with Gasteiger partial charge in [0.15, 0.2) is 5.96 Å². The van der Waals surface area contributed by atoms with Gasteiger partial charge in [-0.1, -0.05) is 30.3 Å². The number of carbonyl (C=O) groups excluding carboxylic acids is 1. The summed E-state index contributed by atoms with van der Waals surface area (Å²) in [5.41, 5.74) is 1.27. The smallest absolute Gasteiger partial charge is 0.219 e. The predicted molar refractivity (Wildman–Crippen MR) is 113 cm³/mol. The summed E-state index contributed by atoms with van der Waals surface area (Å²) in [6.45, 7) is 7.84. The van der Waals surface area contributed by atoms with E-state index in [0.717, 1.165) is 51.8 Å². The molecule has 7 heteroatoms. The van der Waals surface area contributed by atoms with Crippen molar-refractivity contribution in [2.24, 2.45) is 4.99 Å². The zero-order chi connectivity index (χ0) is 17.4. The molecular weight excluding hydrogens is 429 g/mol. The summed E-state index contributed by atoms with van der Waals surface area (Å²) in [7, 11) is 3.86. The number of nitrogens with zero attached hydrogens (tertiary/aromatic N) is 4. The lowest BCUT2D eigenvalue weighted by molar-refractivity contribution is -0.130. The highest BCUT2D eigenvalue weighted by molar-refractivity contribution is 14.0. The van der Waals surface area contributed by atoms with Crippen molar-refractivity contribution in [2.45, 2.75) is 13.5 Å². The molecule has 25 heavy (non-hydrogen) atoms. The third-order valence-corrected chi connectivity index (χ3v) is 4.36. The molecule has 0 spiro atoms. The summed E-state index contributed by atoms with van der Waals surface area (Å²) >= 11 is 0. The maximum Gasteiger partial charge on any atom is 0.219 e. The summed E-state index contributed by atoms with van der Waals surface area (Å²) in [6.07, 6.45) is 0. The van der Waals surface area contributed by atoms with Crippen LogP contribution in [0.2, 0.25) is 0 Å². The highest BCUT2D eigenvalue weighted by atomic mass is 127. The van der Waals surface area contributed by atoms with Crippen LogP contribution in [0.5, 0.6) is 0 Å². The summed E-state index contributed by atoms with van der Waals surface area (Å²) < 4.78 is 0. The van der Waals surface area contributed by atoms with Gasteiger partial charge in [0.1, 0.15) is 0 Å². The highest BCUT2D eigenvalue weighted by Crippen LogP contribution is 2.03. The van der Waals surface area contributed by atoms with Gasteiger partial charge in [0.2, 0.25) is 5.91 Å². The van der Waals surface area contributed by atoms with Crippen molar-refractivity contribution >= 4 is 35.8 Å². The molecule has 0 bridgehead atoms. The third kappa shape index (κ3) is 7.19. The minimum Gasteiger partial charge on any atom is -0.355 e. The molecule has 0 aliphatic carbocycles. The Bertz CT molecular complexity index is 544. The Morgan fingerprint density at radius 3 is 2.40 bits per heavy atom. The van der Waals surface area contributed by atoms with Crippen molar-refractivity contribution in [1.29, 1.82) is 0 Å². The normalized spacial score (nSPS) is 15.5. The summed E-state index contributed by atoms with van der Waals surface area (Å²) in [6, 6.07) is 10.4. The van der Waals surface area contributed by atoms with Crippen molar-refractivity contribution in [2.75, 3.05) is 53.4 Å². The first-order valence-electron chi connectivity index (χ1n) is 8.53. The zero-order valence-corrected chi connectivity index (χ0v) is 17.8. The molecule has 6 nitrogen and oxygen atoms in total. The Kier molecular flexibility index (Phi) is 9.81. The maximum atomic E-state index is 11.3. The van der Waals surface area contributed by atoms with Crippen LogP contribution in [0.3, 0.4) is 0 Å². The lowest BCUT2D eigenvalue weighted by Gasteiger charge is -2.34. The van der Waals surface area contributed by atoms with Crippen LogP contribution in [-0.4, -0.2) is 79.9 Å².